The lowest BCUT2D eigenvalue weighted by atomic mass is 9.86. The topological polar surface area (TPSA) is 75.4 Å². The Morgan fingerprint density at radius 3 is 2.60 bits per heavy atom. The average molecular weight is 213 g/mol. The highest BCUT2D eigenvalue weighted by Gasteiger charge is 2.32. The van der Waals surface area contributed by atoms with Gasteiger partial charge in [0.2, 0.25) is 11.8 Å². The summed E-state index contributed by atoms with van der Waals surface area (Å²) in [5.74, 6) is -0.256. The van der Waals surface area contributed by atoms with Crippen molar-refractivity contribution in [2.75, 3.05) is 19.6 Å². The van der Waals surface area contributed by atoms with Crippen molar-refractivity contribution >= 4 is 11.8 Å². The molecule has 1 aliphatic rings. The zero-order valence-electron chi connectivity index (χ0n) is 9.54. The molecule has 0 aromatic heterocycles. The molecule has 0 unspecified atom stereocenters. The van der Waals surface area contributed by atoms with Crippen LogP contribution in [-0.4, -0.2) is 42.4 Å². The fraction of sp³-hybridized carbons (Fsp3) is 0.800. The molecule has 0 aromatic rings. The Balaban J connectivity index is 2.64. The molecule has 0 aliphatic carbocycles. The van der Waals surface area contributed by atoms with Gasteiger partial charge in [0, 0.05) is 13.1 Å². The molecular weight excluding hydrogens is 194 g/mol. The summed E-state index contributed by atoms with van der Waals surface area (Å²) >= 11 is 0. The molecule has 0 radical (unpaired) electrons. The van der Waals surface area contributed by atoms with Crippen molar-refractivity contribution < 1.29 is 9.59 Å². The van der Waals surface area contributed by atoms with Gasteiger partial charge in [0.1, 0.15) is 0 Å². The SMILES string of the molecule is CC(C)(C)[C@H](N)C(=O)N1CCNC(=O)C1. The van der Waals surface area contributed by atoms with Crippen LogP contribution in [0.3, 0.4) is 0 Å². The van der Waals surface area contributed by atoms with Crippen molar-refractivity contribution in [1.82, 2.24) is 10.2 Å². The molecule has 5 heteroatoms. The Morgan fingerprint density at radius 1 is 1.53 bits per heavy atom. The van der Waals surface area contributed by atoms with Gasteiger partial charge < -0.3 is 16.0 Å². The first-order chi connectivity index (χ1) is 6.82. The van der Waals surface area contributed by atoms with Gasteiger partial charge in [-0.2, -0.15) is 0 Å². The van der Waals surface area contributed by atoms with Crippen molar-refractivity contribution in [2.45, 2.75) is 26.8 Å². The number of nitrogens with one attached hydrogen (secondary N) is 1. The summed E-state index contributed by atoms with van der Waals surface area (Å²) in [7, 11) is 0. The lowest BCUT2D eigenvalue weighted by molar-refractivity contribution is -0.141. The molecule has 0 spiro atoms. The number of carbonyl (C=O) groups excluding carboxylic acids is 2. The van der Waals surface area contributed by atoms with Crippen LogP contribution in [0, 0.1) is 5.41 Å². The standard InChI is InChI=1S/C10H19N3O2/c1-10(2,3)8(11)9(15)13-5-4-12-7(14)6-13/h8H,4-6,11H2,1-3H3,(H,12,14)/t8-/m1/s1. The van der Waals surface area contributed by atoms with E-state index in [1.807, 2.05) is 20.8 Å². The molecule has 1 heterocycles. The third-order valence-corrected chi connectivity index (χ3v) is 2.55. The summed E-state index contributed by atoms with van der Waals surface area (Å²) in [5.41, 5.74) is 5.57. The third-order valence-electron chi connectivity index (χ3n) is 2.55. The first-order valence-electron chi connectivity index (χ1n) is 5.13. The van der Waals surface area contributed by atoms with Crippen LogP contribution in [-0.2, 0) is 9.59 Å². The Labute approximate surface area is 90.0 Å². The molecule has 1 rings (SSSR count). The number of rotatable bonds is 1. The highest BCUT2D eigenvalue weighted by atomic mass is 16.2. The van der Waals surface area contributed by atoms with Crippen LogP contribution < -0.4 is 11.1 Å². The minimum absolute atomic E-state index is 0.115. The van der Waals surface area contributed by atoms with Gasteiger partial charge in [0.15, 0.2) is 0 Å². The number of nitrogens with two attached hydrogens (primary N) is 1. The third kappa shape index (κ3) is 2.92. The van der Waals surface area contributed by atoms with Crippen molar-refractivity contribution in [2.24, 2.45) is 11.1 Å². The molecular formula is C10H19N3O2. The first kappa shape index (κ1) is 12.0. The van der Waals surface area contributed by atoms with Gasteiger partial charge in [0.25, 0.3) is 0 Å². The van der Waals surface area contributed by atoms with Gasteiger partial charge in [-0.1, -0.05) is 20.8 Å². The van der Waals surface area contributed by atoms with E-state index < -0.39 is 6.04 Å². The van der Waals surface area contributed by atoms with Gasteiger partial charge in [-0.15, -0.1) is 0 Å². The molecule has 1 aliphatic heterocycles. The largest absolute Gasteiger partial charge is 0.353 e. The molecule has 5 nitrogen and oxygen atoms in total. The second-order valence-corrected chi connectivity index (χ2v) is 4.95. The number of hydrogen-bond acceptors (Lipinski definition) is 3. The number of hydrogen-bond donors (Lipinski definition) is 2. The van der Waals surface area contributed by atoms with E-state index in [-0.39, 0.29) is 23.8 Å². The van der Waals surface area contributed by atoms with E-state index in [0.29, 0.717) is 13.1 Å². The Morgan fingerprint density at radius 2 is 2.13 bits per heavy atom. The highest BCUT2D eigenvalue weighted by molar-refractivity contribution is 5.88. The van der Waals surface area contributed by atoms with Crippen LogP contribution in [0.4, 0.5) is 0 Å². The van der Waals surface area contributed by atoms with Crippen molar-refractivity contribution in [3.63, 3.8) is 0 Å². The summed E-state index contributed by atoms with van der Waals surface area (Å²) in [6, 6.07) is -0.552. The second kappa shape index (κ2) is 4.18. The van der Waals surface area contributed by atoms with E-state index in [4.69, 9.17) is 5.73 Å². The predicted molar refractivity (Wildman–Crippen MR) is 57.0 cm³/mol. The summed E-state index contributed by atoms with van der Waals surface area (Å²) in [6.45, 7) is 6.94. The normalized spacial score (nSPS) is 19.7. The quantitative estimate of drug-likeness (QED) is 0.606. The number of carbonyl (C=O) groups is 2. The van der Waals surface area contributed by atoms with Gasteiger partial charge >= 0.3 is 0 Å². The van der Waals surface area contributed by atoms with E-state index in [1.165, 1.54) is 4.90 Å². The molecule has 0 bridgehead atoms. The van der Waals surface area contributed by atoms with Crippen LogP contribution in [0.5, 0.6) is 0 Å². The van der Waals surface area contributed by atoms with Gasteiger partial charge in [-0.25, -0.2) is 0 Å². The lowest BCUT2D eigenvalue weighted by Crippen LogP contribution is -2.57. The molecule has 1 fully saturated rings. The van der Waals surface area contributed by atoms with Crippen molar-refractivity contribution in [1.29, 1.82) is 0 Å². The average Bonchev–Trinajstić information content (AvgIpc) is 2.14. The number of nitrogens with zero attached hydrogens (tertiary/aromatic N) is 1. The summed E-state index contributed by atoms with van der Waals surface area (Å²) in [5, 5.41) is 2.67. The van der Waals surface area contributed by atoms with Crippen LogP contribution in [0.2, 0.25) is 0 Å². The highest BCUT2D eigenvalue weighted by Crippen LogP contribution is 2.19. The van der Waals surface area contributed by atoms with Crippen LogP contribution in [0.25, 0.3) is 0 Å². The predicted octanol–water partition coefficient (Wildman–Crippen LogP) is -0.682. The van der Waals surface area contributed by atoms with E-state index in [1.54, 1.807) is 0 Å². The molecule has 0 aromatic carbocycles. The smallest absolute Gasteiger partial charge is 0.240 e. The Bertz CT molecular complexity index is 270. The lowest BCUT2D eigenvalue weighted by Gasteiger charge is -2.33. The fourth-order valence-corrected chi connectivity index (χ4v) is 1.39. The zero-order valence-corrected chi connectivity index (χ0v) is 9.54. The van der Waals surface area contributed by atoms with E-state index in [9.17, 15) is 9.59 Å². The molecule has 2 amide bonds. The molecule has 15 heavy (non-hydrogen) atoms. The molecule has 3 N–H and O–H groups in total. The summed E-state index contributed by atoms with van der Waals surface area (Å²) < 4.78 is 0. The van der Waals surface area contributed by atoms with Gasteiger partial charge in [-0.3, -0.25) is 9.59 Å². The minimum Gasteiger partial charge on any atom is -0.353 e. The molecule has 1 atom stereocenters. The minimum atomic E-state index is -0.552. The van der Waals surface area contributed by atoms with E-state index in [2.05, 4.69) is 5.32 Å². The summed E-state index contributed by atoms with van der Waals surface area (Å²) in [4.78, 5) is 24.5. The number of amides is 2. The zero-order chi connectivity index (χ0) is 11.6. The van der Waals surface area contributed by atoms with Crippen molar-refractivity contribution in [3.05, 3.63) is 0 Å². The Hall–Kier alpha value is -1.10. The molecule has 0 saturated carbocycles. The van der Waals surface area contributed by atoms with Gasteiger partial charge in [-0.05, 0) is 5.41 Å². The maximum Gasteiger partial charge on any atom is 0.240 e. The maximum atomic E-state index is 11.9. The molecule has 86 valence electrons. The van der Waals surface area contributed by atoms with E-state index >= 15 is 0 Å². The molecule has 1 saturated heterocycles. The van der Waals surface area contributed by atoms with Crippen LogP contribution in [0.1, 0.15) is 20.8 Å². The van der Waals surface area contributed by atoms with Crippen LogP contribution in [0.15, 0.2) is 0 Å². The van der Waals surface area contributed by atoms with Gasteiger partial charge in [0.05, 0.1) is 12.6 Å². The Kier molecular flexibility index (Phi) is 3.34. The first-order valence-corrected chi connectivity index (χ1v) is 5.13. The van der Waals surface area contributed by atoms with Crippen LogP contribution >= 0.6 is 0 Å². The summed E-state index contributed by atoms with van der Waals surface area (Å²) in [6.07, 6.45) is 0. The fourth-order valence-electron chi connectivity index (χ4n) is 1.39. The van der Waals surface area contributed by atoms with Crippen molar-refractivity contribution in [3.8, 4) is 0 Å². The monoisotopic (exact) mass is 213 g/mol. The van der Waals surface area contributed by atoms with E-state index in [0.717, 1.165) is 0 Å². The maximum absolute atomic E-state index is 11.9. The number of piperazine rings is 1. The second-order valence-electron chi connectivity index (χ2n) is 4.95.